The summed E-state index contributed by atoms with van der Waals surface area (Å²) in [7, 11) is 0. The predicted molar refractivity (Wildman–Crippen MR) is 87.4 cm³/mol. The van der Waals surface area contributed by atoms with E-state index in [4.69, 9.17) is 5.26 Å². The Labute approximate surface area is 129 Å². The number of aliphatic imine (C=N–C) groups is 1. The van der Waals surface area contributed by atoms with Crippen molar-refractivity contribution in [2.75, 3.05) is 16.8 Å². The van der Waals surface area contributed by atoms with Gasteiger partial charge in [0.15, 0.2) is 0 Å². The average molecular weight is 291 g/mol. The zero-order valence-electron chi connectivity index (χ0n) is 12.2. The molecule has 1 N–H and O–H groups in total. The number of para-hydroxylation sites is 1. The minimum absolute atomic E-state index is 0.536. The number of guanidine groups is 1. The fourth-order valence-electron chi connectivity index (χ4n) is 2.24. The Balaban J connectivity index is 1.88. The van der Waals surface area contributed by atoms with Gasteiger partial charge >= 0.3 is 0 Å². The smallest absolute Gasteiger partial charge is 0.218 e. The molecule has 5 nitrogen and oxygen atoms in total. The summed E-state index contributed by atoms with van der Waals surface area (Å²) >= 11 is 0. The number of nitriles is 1. The standard InChI is InChI=1S/C17H17N5/c18-13-20-17(21-15-5-2-1-3-6-15)22(12-14-8-9-14)16-7-4-10-19-11-16/h1-7,10-11,14H,8-9,12H2,(H,20,21). The molecule has 1 aliphatic carbocycles. The molecule has 1 aliphatic rings. The van der Waals surface area contributed by atoms with Crippen molar-refractivity contribution in [2.45, 2.75) is 12.8 Å². The number of benzene rings is 1. The molecule has 1 fully saturated rings. The van der Waals surface area contributed by atoms with Gasteiger partial charge in [0.05, 0.1) is 11.9 Å². The summed E-state index contributed by atoms with van der Waals surface area (Å²) in [5.74, 6) is 1.19. The van der Waals surface area contributed by atoms with Crippen LogP contribution in [0.4, 0.5) is 11.4 Å². The molecule has 0 atom stereocenters. The Bertz CT molecular complexity index is 671. The van der Waals surface area contributed by atoms with E-state index in [0.717, 1.165) is 17.9 Å². The van der Waals surface area contributed by atoms with Gasteiger partial charge in [-0.3, -0.25) is 4.98 Å². The van der Waals surface area contributed by atoms with Crippen molar-refractivity contribution in [3.63, 3.8) is 0 Å². The molecule has 1 aromatic carbocycles. The van der Waals surface area contributed by atoms with Gasteiger partial charge in [-0.1, -0.05) is 18.2 Å². The molecular formula is C17H17N5. The van der Waals surface area contributed by atoms with Gasteiger partial charge < -0.3 is 10.2 Å². The van der Waals surface area contributed by atoms with Crippen LogP contribution in [0.15, 0.2) is 59.9 Å². The molecule has 5 heteroatoms. The van der Waals surface area contributed by atoms with E-state index in [1.54, 1.807) is 12.4 Å². The van der Waals surface area contributed by atoms with Crippen LogP contribution in [0.3, 0.4) is 0 Å². The van der Waals surface area contributed by atoms with Crippen LogP contribution in [0, 0.1) is 17.4 Å². The summed E-state index contributed by atoms with van der Waals surface area (Å²) in [4.78, 5) is 10.2. The molecule has 1 saturated carbocycles. The monoisotopic (exact) mass is 291 g/mol. The molecule has 0 bridgehead atoms. The number of nitrogens with one attached hydrogen (secondary N) is 1. The predicted octanol–water partition coefficient (Wildman–Crippen LogP) is 3.25. The zero-order valence-corrected chi connectivity index (χ0v) is 12.2. The number of pyridine rings is 1. The van der Waals surface area contributed by atoms with Gasteiger partial charge in [-0.2, -0.15) is 5.26 Å². The number of hydrogen-bond acceptors (Lipinski definition) is 3. The molecule has 1 aromatic heterocycles. The molecule has 0 amide bonds. The van der Waals surface area contributed by atoms with Gasteiger partial charge in [-0.25, -0.2) is 0 Å². The molecule has 2 aromatic rings. The second kappa shape index (κ2) is 6.72. The summed E-state index contributed by atoms with van der Waals surface area (Å²) in [5, 5.41) is 12.3. The summed E-state index contributed by atoms with van der Waals surface area (Å²) in [6, 6.07) is 13.6. The van der Waals surface area contributed by atoms with Crippen LogP contribution in [-0.2, 0) is 0 Å². The Morgan fingerprint density at radius 1 is 1.27 bits per heavy atom. The number of nitrogens with zero attached hydrogens (tertiary/aromatic N) is 4. The first-order chi connectivity index (χ1) is 10.9. The first kappa shape index (κ1) is 14.1. The van der Waals surface area contributed by atoms with E-state index >= 15 is 0 Å². The van der Waals surface area contributed by atoms with Crippen molar-refractivity contribution < 1.29 is 0 Å². The van der Waals surface area contributed by atoms with Crippen LogP contribution in [0.25, 0.3) is 0 Å². The average Bonchev–Trinajstić information content (AvgIpc) is 3.38. The Hall–Kier alpha value is -2.87. The van der Waals surface area contributed by atoms with Crippen LogP contribution in [0.1, 0.15) is 12.8 Å². The summed E-state index contributed by atoms with van der Waals surface area (Å²) in [5.41, 5.74) is 1.84. The van der Waals surface area contributed by atoms with Crippen molar-refractivity contribution in [1.82, 2.24) is 4.98 Å². The first-order valence-corrected chi connectivity index (χ1v) is 7.33. The van der Waals surface area contributed by atoms with Crippen LogP contribution in [0.2, 0.25) is 0 Å². The highest BCUT2D eigenvalue weighted by molar-refractivity contribution is 6.05. The van der Waals surface area contributed by atoms with E-state index in [9.17, 15) is 0 Å². The molecule has 1 heterocycles. The molecule has 0 spiro atoms. The molecule has 0 unspecified atom stereocenters. The highest BCUT2D eigenvalue weighted by Gasteiger charge is 2.27. The Morgan fingerprint density at radius 3 is 2.73 bits per heavy atom. The van der Waals surface area contributed by atoms with Crippen LogP contribution in [0.5, 0.6) is 0 Å². The van der Waals surface area contributed by atoms with Crippen molar-refractivity contribution in [3.05, 3.63) is 54.9 Å². The Morgan fingerprint density at radius 2 is 2.09 bits per heavy atom. The quantitative estimate of drug-likeness (QED) is 0.533. The molecule has 0 aliphatic heterocycles. The van der Waals surface area contributed by atoms with Crippen LogP contribution >= 0.6 is 0 Å². The molecule has 0 saturated heterocycles. The van der Waals surface area contributed by atoms with E-state index in [0.29, 0.717) is 11.9 Å². The zero-order chi connectivity index (χ0) is 15.2. The van der Waals surface area contributed by atoms with Gasteiger partial charge in [-0.15, -0.1) is 4.99 Å². The van der Waals surface area contributed by atoms with Crippen molar-refractivity contribution in [2.24, 2.45) is 10.9 Å². The lowest BCUT2D eigenvalue weighted by molar-refractivity contribution is 0.824. The number of anilines is 2. The van der Waals surface area contributed by atoms with E-state index in [1.165, 1.54) is 12.8 Å². The van der Waals surface area contributed by atoms with Gasteiger partial charge in [0.1, 0.15) is 0 Å². The number of aromatic nitrogens is 1. The maximum absolute atomic E-state index is 9.04. The van der Waals surface area contributed by atoms with Gasteiger partial charge in [0.25, 0.3) is 0 Å². The number of hydrogen-bond donors (Lipinski definition) is 1. The lowest BCUT2D eigenvalue weighted by Crippen LogP contribution is -2.38. The lowest BCUT2D eigenvalue weighted by Gasteiger charge is -2.25. The van der Waals surface area contributed by atoms with Gasteiger partial charge in [-0.05, 0) is 43.0 Å². The SMILES string of the molecule is N#CN=C(Nc1ccccc1)N(CC1CC1)c1cccnc1. The van der Waals surface area contributed by atoms with E-state index in [-0.39, 0.29) is 0 Å². The molecule has 3 rings (SSSR count). The minimum atomic E-state index is 0.536. The summed E-state index contributed by atoms with van der Waals surface area (Å²) in [6.07, 6.45) is 7.88. The molecule has 110 valence electrons. The third kappa shape index (κ3) is 3.61. The highest BCUT2D eigenvalue weighted by Crippen LogP contribution is 2.31. The van der Waals surface area contributed by atoms with Crippen LogP contribution in [-0.4, -0.2) is 17.5 Å². The lowest BCUT2D eigenvalue weighted by atomic mass is 10.3. The normalized spacial score (nSPS) is 14.2. The van der Waals surface area contributed by atoms with Gasteiger partial charge in [0, 0.05) is 18.4 Å². The first-order valence-electron chi connectivity index (χ1n) is 7.33. The second-order valence-corrected chi connectivity index (χ2v) is 5.29. The van der Waals surface area contributed by atoms with E-state index < -0.39 is 0 Å². The third-order valence-corrected chi connectivity index (χ3v) is 3.54. The van der Waals surface area contributed by atoms with Crippen molar-refractivity contribution in [1.29, 1.82) is 5.26 Å². The summed E-state index contributed by atoms with van der Waals surface area (Å²) in [6.45, 7) is 0.839. The van der Waals surface area contributed by atoms with Crippen LogP contribution < -0.4 is 10.2 Å². The summed E-state index contributed by atoms with van der Waals surface area (Å²) < 4.78 is 0. The number of rotatable bonds is 4. The fourth-order valence-corrected chi connectivity index (χ4v) is 2.24. The van der Waals surface area contributed by atoms with Crippen molar-refractivity contribution >= 4 is 17.3 Å². The van der Waals surface area contributed by atoms with Gasteiger partial charge in [0.2, 0.25) is 12.2 Å². The maximum atomic E-state index is 9.04. The third-order valence-electron chi connectivity index (χ3n) is 3.54. The minimum Gasteiger partial charge on any atom is -0.325 e. The van der Waals surface area contributed by atoms with E-state index in [1.807, 2.05) is 53.6 Å². The van der Waals surface area contributed by atoms with E-state index in [2.05, 4.69) is 15.3 Å². The topological polar surface area (TPSA) is 64.3 Å². The fraction of sp³-hybridized carbons (Fsp3) is 0.235. The Kier molecular flexibility index (Phi) is 4.30. The largest absolute Gasteiger partial charge is 0.325 e. The molecule has 0 radical (unpaired) electrons. The molecule has 22 heavy (non-hydrogen) atoms. The van der Waals surface area contributed by atoms with Crippen molar-refractivity contribution in [3.8, 4) is 6.19 Å². The maximum Gasteiger partial charge on any atom is 0.218 e. The molecular weight excluding hydrogens is 274 g/mol. The second-order valence-electron chi connectivity index (χ2n) is 5.29. The highest BCUT2D eigenvalue weighted by atomic mass is 15.3.